The van der Waals surface area contributed by atoms with Crippen LogP contribution < -0.4 is 10.6 Å². The van der Waals surface area contributed by atoms with Crippen molar-refractivity contribution in [2.75, 3.05) is 18.5 Å². The summed E-state index contributed by atoms with van der Waals surface area (Å²) in [6.45, 7) is 0.431. The minimum Gasteiger partial charge on any atom is -0.396 e. The van der Waals surface area contributed by atoms with E-state index in [4.69, 9.17) is 5.11 Å². The van der Waals surface area contributed by atoms with Gasteiger partial charge in [0.25, 0.3) is 0 Å². The van der Waals surface area contributed by atoms with Gasteiger partial charge in [0.2, 0.25) is 0 Å². The fourth-order valence-electron chi connectivity index (χ4n) is 2.09. The van der Waals surface area contributed by atoms with E-state index in [2.05, 4.69) is 15.6 Å². The lowest BCUT2D eigenvalue weighted by atomic mass is 9.96. The van der Waals surface area contributed by atoms with E-state index in [1.165, 1.54) is 12.1 Å². The van der Waals surface area contributed by atoms with Crippen LogP contribution in [0.2, 0.25) is 0 Å². The second kappa shape index (κ2) is 8.09. The Morgan fingerprint density at radius 1 is 1.23 bits per heavy atom. The maximum absolute atomic E-state index is 12.7. The molecule has 0 aliphatic heterocycles. The van der Waals surface area contributed by atoms with Crippen LogP contribution in [0, 0.1) is 5.82 Å². The highest BCUT2D eigenvalue weighted by molar-refractivity contribution is 5.88. The molecular weight excluding hydrogens is 285 g/mol. The zero-order chi connectivity index (χ0) is 15.8. The van der Waals surface area contributed by atoms with Crippen LogP contribution in [-0.2, 0) is 0 Å². The van der Waals surface area contributed by atoms with Gasteiger partial charge in [-0.3, -0.25) is 5.32 Å². The van der Waals surface area contributed by atoms with Crippen LogP contribution in [0.1, 0.15) is 17.9 Å². The molecule has 0 saturated heterocycles. The predicted molar refractivity (Wildman–Crippen MR) is 82.1 cm³/mol. The number of halogens is 1. The fourth-order valence-corrected chi connectivity index (χ4v) is 2.09. The summed E-state index contributed by atoms with van der Waals surface area (Å²) in [5.41, 5.74) is 1.05. The molecule has 1 aromatic carbocycles. The van der Waals surface area contributed by atoms with Crippen molar-refractivity contribution < 1.29 is 14.3 Å². The standard InChI is InChI=1S/C16H18FN3O2/c17-14-6-7-15(18-11-14)20-16(22)19-10-13(8-9-21)12-4-2-1-3-5-12/h1-7,11,13,21H,8-10H2,(H2,18,19,20,22)/t13-/m0/s1. The molecule has 1 heterocycles. The maximum Gasteiger partial charge on any atom is 0.320 e. The van der Waals surface area contributed by atoms with E-state index in [-0.39, 0.29) is 18.3 Å². The van der Waals surface area contributed by atoms with Gasteiger partial charge in [-0.1, -0.05) is 30.3 Å². The number of hydrogen-bond acceptors (Lipinski definition) is 3. The van der Waals surface area contributed by atoms with Gasteiger partial charge in [0.1, 0.15) is 11.6 Å². The number of carbonyl (C=O) groups is 1. The number of anilines is 1. The van der Waals surface area contributed by atoms with Gasteiger partial charge in [-0.05, 0) is 24.1 Å². The van der Waals surface area contributed by atoms with Crippen LogP contribution in [0.25, 0.3) is 0 Å². The Bertz CT molecular complexity index is 590. The smallest absolute Gasteiger partial charge is 0.320 e. The van der Waals surface area contributed by atoms with Crippen molar-refractivity contribution in [3.63, 3.8) is 0 Å². The molecular formula is C16H18FN3O2. The number of rotatable bonds is 6. The molecule has 5 nitrogen and oxygen atoms in total. The van der Waals surface area contributed by atoms with Crippen molar-refractivity contribution in [1.82, 2.24) is 10.3 Å². The number of urea groups is 1. The molecule has 22 heavy (non-hydrogen) atoms. The summed E-state index contributed by atoms with van der Waals surface area (Å²) in [6.07, 6.45) is 1.59. The SMILES string of the molecule is O=C(NC[C@H](CCO)c1ccccc1)Nc1ccc(F)cn1. The Morgan fingerprint density at radius 3 is 2.64 bits per heavy atom. The average molecular weight is 303 g/mol. The number of hydrogen-bond donors (Lipinski definition) is 3. The predicted octanol–water partition coefficient (Wildman–Crippen LogP) is 2.51. The molecule has 0 fully saturated rings. The van der Waals surface area contributed by atoms with E-state index in [9.17, 15) is 9.18 Å². The van der Waals surface area contributed by atoms with Crippen molar-refractivity contribution in [1.29, 1.82) is 0 Å². The third-order valence-corrected chi connectivity index (χ3v) is 3.23. The summed E-state index contributed by atoms with van der Waals surface area (Å²) < 4.78 is 12.7. The first-order valence-corrected chi connectivity index (χ1v) is 7.01. The van der Waals surface area contributed by atoms with Crippen LogP contribution in [0.5, 0.6) is 0 Å². The second-order valence-electron chi connectivity index (χ2n) is 4.82. The monoisotopic (exact) mass is 303 g/mol. The Morgan fingerprint density at radius 2 is 2.00 bits per heavy atom. The van der Waals surface area contributed by atoms with Crippen molar-refractivity contribution in [3.05, 3.63) is 60.0 Å². The van der Waals surface area contributed by atoms with Crippen molar-refractivity contribution >= 4 is 11.8 Å². The van der Waals surface area contributed by atoms with Gasteiger partial charge >= 0.3 is 6.03 Å². The molecule has 6 heteroatoms. The number of benzene rings is 1. The Hall–Kier alpha value is -2.47. The third-order valence-electron chi connectivity index (χ3n) is 3.23. The van der Waals surface area contributed by atoms with E-state index >= 15 is 0 Å². The molecule has 0 radical (unpaired) electrons. The Kier molecular flexibility index (Phi) is 5.85. The number of nitrogens with zero attached hydrogens (tertiary/aromatic N) is 1. The van der Waals surface area contributed by atoms with Gasteiger partial charge in [0.05, 0.1) is 6.20 Å². The molecule has 0 aliphatic rings. The topological polar surface area (TPSA) is 74.2 Å². The number of aliphatic hydroxyl groups excluding tert-OH is 1. The summed E-state index contributed by atoms with van der Waals surface area (Å²) >= 11 is 0. The van der Waals surface area contributed by atoms with Crippen molar-refractivity contribution in [3.8, 4) is 0 Å². The summed E-state index contributed by atoms with van der Waals surface area (Å²) in [5, 5.41) is 14.4. The Balaban J connectivity index is 1.89. The number of aromatic nitrogens is 1. The minimum absolute atomic E-state index is 0.0260. The number of carbonyl (C=O) groups excluding carboxylic acids is 1. The lowest BCUT2D eigenvalue weighted by Gasteiger charge is -2.17. The highest BCUT2D eigenvalue weighted by Gasteiger charge is 2.12. The molecule has 1 aromatic heterocycles. The Labute approximate surface area is 128 Å². The number of nitrogens with one attached hydrogen (secondary N) is 2. The summed E-state index contributed by atoms with van der Waals surface area (Å²) in [5.74, 6) is -0.159. The van der Waals surface area contributed by atoms with E-state index in [0.717, 1.165) is 11.8 Å². The van der Waals surface area contributed by atoms with Gasteiger partial charge in [0.15, 0.2) is 0 Å². The molecule has 2 amide bonds. The lowest BCUT2D eigenvalue weighted by Crippen LogP contribution is -2.33. The highest BCUT2D eigenvalue weighted by atomic mass is 19.1. The quantitative estimate of drug-likeness (QED) is 0.767. The molecule has 116 valence electrons. The first-order valence-electron chi connectivity index (χ1n) is 7.01. The van der Waals surface area contributed by atoms with Gasteiger partial charge < -0.3 is 10.4 Å². The molecule has 2 rings (SSSR count). The average Bonchev–Trinajstić information content (AvgIpc) is 2.54. The van der Waals surface area contributed by atoms with Crippen molar-refractivity contribution in [2.24, 2.45) is 0 Å². The van der Waals surface area contributed by atoms with E-state index in [1.54, 1.807) is 0 Å². The van der Waals surface area contributed by atoms with E-state index < -0.39 is 11.8 Å². The number of aliphatic hydroxyl groups is 1. The summed E-state index contributed by atoms with van der Waals surface area (Å²) in [4.78, 5) is 15.6. The van der Waals surface area contributed by atoms with Crippen LogP contribution in [0.15, 0.2) is 48.7 Å². The zero-order valence-corrected chi connectivity index (χ0v) is 12.0. The van der Waals surface area contributed by atoms with E-state index in [1.807, 2.05) is 30.3 Å². The first kappa shape index (κ1) is 15.9. The van der Waals surface area contributed by atoms with Gasteiger partial charge in [-0.15, -0.1) is 0 Å². The normalized spacial score (nSPS) is 11.7. The molecule has 0 spiro atoms. The largest absolute Gasteiger partial charge is 0.396 e. The summed E-state index contributed by atoms with van der Waals surface area (Å²) in [6, 6.07) is 11.9. The minimum atomic E-state index is -0.460. The first-order chi connectivity index (χ1) is 10.7. The molecule has 3 N–H and O–H groups in total. The molecule has 0 bridgehead atoms. The molecule has 0 unspecified atom stereocenters. The third kappa shape index (κ3) is 4.82. The highest BCUT2D eigenvalue weighted by Crippen LogP contribution is 2.18. The molecule has 0 saturated carbocycles. The maximum atomic E-state index is 12.7. The van der Waals surface area contributed by atoms with Gasteiger partial charge in [-0.2, -0.15) is 0 Å². The molecule has 0 aliphatic carbocycles. The van der Waals surface area contributed by atoms with Gasteiger partial charge in [0, 0.05) is 19.1 Å². The fraction of sp³-hybridized carbons (Fsp3) is 0.250. The zero-order valence-electron chi connectivity index (χ0n) is 12.0. The van der Waals surface area contributed by atoms with E-state index in [0.29, 0.717) is 13.0 Å². The van der Waals surface area contributed by atoms with Gasteiger partial charge in [-0.25, -0.2) is 14.2 Å². The number of pyridine rings is 1. The van der Waals surface area contributed by atoms with Crippen LogP contribution in [0.4, 0.5) is 15.0 Å². The van der Waals surface area contributed by atoms with Crippen LogP contribution in [-0.4, -0.2) is 29.3 Å². The molecule has 1 atom stereocenters. The van der Waals surface area contributed by atoms with Crippen molar-refractivity contribution in [2.45, 2.75) is 12.3 Å². The molecule has 2 aromatic rings. The second-order valence-corrected chi connectivity index (χ2v) is 4.82. The lowest BCUT2D eigenvalue weighted by molar-refractivity contribution is 0.248. The van der Waals surface area contributed by atoms with Crippen LogP contribution >= 0.6 is 0 Å². The van der Waals surface area contributed by atoms with Crippen LogP contribution in [0.3, 0.4) is 0 Å². The summed E-state index contributed by atoms with van der Waals surface area (Å²) in [7, 11) is 0. The number of amides is 2.